The van der Waals surface area contributed by atoms with E-state index in [9.17, 15) is 0 Å². The molecule has 0 aliphatic heterocycles. The van der Waals surface area contributed by atoms with Crippen LogP contribution in [0.2, 0.25) is 5.02 Å². The smallest absolute Gasteiger partial charge is 0.318 e. The highest BCUT2D eigenvalue weighted by molar-refractivity contribution is 6.32. The number of benzene rings is 1. The van der Waals surface area contributed by atoms with Gasteiger partial charge in [0.15, 0.2) is 5.82 Å². The van der Waals surface area contributed by atoms with Crippen molar-refractivity contribution in [3.63, 3.8) is 0 Å². The van der Waals surface area contributed by atoms with Gasteiger partial charge in [0.2, 0.25) is 0 Å². The lowest BCUT2D eigenvalue weighted by Gasteiger charge is -2.19. The van der Waals surface area contributed by atoms with Crippen molar-refractivity contribution in [2.75, 3.05) is 19.1 Å². The highest BCUT2D eigenvalue weighted by Gasteiger charge is 2.10. The van der Waals surface area contributed by atoms with Crippen LogP contribution in [0.15, 0.2) is 36.5 Å². The lowest BCUT2D eigenvalue weighted by atomic mass is 10.2. The lowest BCUT2D eigenvalue weighted by Crippen LogP contribution is -2.18. The third-order valence-electron chi connectivity index (χ3n) is 2.51. The fourth-order valence-electron chi connectivity index (χ4n) is 1.64. The Kier molecular flexibility index (Phi) is 3.99. The van der Waals surface area contributed by atoms with Crippen LogP contribution in [0.5, 0.6) is 6.01 Å². The number of methoxy groups -OCH3 is 1. The SMILES string of the molecule is COc1ncc(Cl)c(N(C)Cc2ccccc2)n1. The van der Waals surface area contributed by atoms with Gasteiger partial charge < -0.3 is 9.64 Å². The van der Waals surface area contributed by atoms with E-state index in [0.29, 0.717) is 16.9 Å². The molecule has 0 N–H and O–H groups in total. The average molecular weight is 264 g/mol. The molecule has 0 unspecified atom stereocenters. The van der Waals surface area contributed by atoms with E-state index in [1.165, 1.54) is 12.7 Å². The number of hydrogen-bond acceptors (Lipinski definition) is 4. The van der Waals surface area contributed by atoms with Gasteiger partial charge in [-0.25, -0.2) is 4.98 Å². The maximum Gasteiger partial charge on any atom is 0.318 e. The first-order chi connectivity index (χ1) is 8.70. The van der Waals surface area contributed by atoms with Crippen LogP contribution in [0, 0.1) is 0 Å². The highest BCUT2D eigenvalue weighted by atomic mass is 35.5. The zero-order chi connectivity index (χ0) is 13.0. The molecule has 5 heteroatoms. The van der Waals surface area contributed by atoms with Crippen molar-refractivity contribution in [2.45, 2.75) is 6.54 Å². The van der Waals surface area contributed by atoms with Crippen LogP contribution in [-0.2, 0) is 6.54 Å². The van der Waals surface area contributed by atoms with Gasteiger partial charge >= 0.3 is 6.01 Å². The molecule has 18 heavy (non-hydrogen) atoms. The van der Waals surface area contributed by atoms with Crippen molar-refractivity contribution < 1.29 is 4.74 Å². The minimum absolute atomic E-state index is 0.314. The Bertz CT molecular complexity index is 519. The van der Waals surface area contributed by atoms with E-state index in [2.05, 4.69) is 22.1 Å². The van der Waals surface area contributed by atoms with Gasteiger partial charge in [-0.2, -0.15) is 4.98 Å². The van der Waals surface area contributed by atoms with Crippen LogP contribution in [0.25, 0.3) is 0 Å². The number of ether oxygens (including phenoxy) is 1. The molecule has 0 spiro atoms. The Hall–Kier alpha value is -1.81. The summed E-state index contributed by atoms with van der Waals surface area (Å²) < 4.78 is 5.00. The Labute approximate surface area is 111 Å². The van der Waals surface area contributed by atoms with Crippen molar-refractivity contribution >= 4 is 17.4 Å². The number of nitrogens with zero attached hydrogens (tertiary/aromatic N) is 3. The summed E-state index contributed by atoms with van der Waals surface area (Å²) in [6.07, 6.45) is 1.55. The number of aromatic nitrogens is 2. The Morgan fingerprint density at radius 3 is 2.67 bits per heavy atom. The van der Waals surface area contributed by atoms with Crippen LogP contribution >= 0.6 is 11.6 Å². The van der Waals surface area contributed by atoms with E-state index in [4.69, 9.17) is 16.3 Å². The summed E-state index contributed by atoms with van der Waals surface area (Å²) in [5, 5.41) is 0.509. The maximum absolute atomic E-state index is 6.09. The second-order valence-electron chi connectivity index (χ2n) is 3.87. The summed E-state index contributed by atoms with van der Waals surface area (Å²) in [4.78, 5) is 10.2. The molecule has 0 saturated carbocycles. The molecular weight excluding hydrogens is 250 g/mol. The van der Waals surface area contributed by atoms with Crippen LogP contribution in [-0.4, -0.2) is 24.1 Å². The number of anilines is 1. The Morgan fingerprint density at radius 1 is 1.28 bits per heavy atom. The molecule has 2 rings (SSSR count). The van der Waals surface area contributed by atoms with E-state index in [1.807, 2.05) is 30.1 Å². The predicted octanol–water partition coefficient (Wildman–Crippen LogP) is 2.78. The molecule has 0 radical (unpaired) electrons. The average Bonchev–Trinajstić information content (AvgIpc) is 2.40. The quantitative estimate of drug-likeness (QED) is 0.850. The monoisotopic (exact) mass is 263 g/mol. The van der Waals surface area contributed by atoms with E-state index < -0.39 is 0 Å². The van der Waals surface area contributed by atoms with Crippen molar-refractivity contribution in [1.82, 2.24) is 9.97 Å². The first-order valence-electron chi connectivity index (χ1n) is 5.52. The van der Waals surface area contributed by atoms with Gasteiger partial charge in [-0.05, 0) is 5.56 Å². The molecule has 0 atom stereocenters. The van der Waals surface area contributed by atoms with Crippen LogP contribution in [0.1, 0.15) is 5.56 Å². The van der Waals surface area contributed by atoms with E-state index in [0.717, 1.165) is 6.54 Å². The topological polar surface area (TPSA) is 38.2 Å². The molecule has 0 saturated heterocycles. The fraction of sp³-hybridized carbons (Fsp3) is 0.231. The number of rotatable bonds is 4. The molecule has 4 nitrogen and oxygen atoms in total. The molecule has 1 heterocycles. The van der Waals surface area contributed by atoms with Crippen molar-refractivity contribution in [3.05, 3.63) is 47.1 Å². The fourth-order valence-corrected chi connectivity index (χ4v) is 1.88. The maximum atomic E-state index is 6.09. The van der Waals surface area contributed by atoms with Gasteiger partial charge in [-0.1, -0.05) is 41.9 Å². The standard InChI is InChI=1S/C13H14ClN3O/c1-17(9-10-6-4-3-5-7-10)12-11(14)8-15-13(16-12)18-2/h3-8H,9H2,1-2H3. The third-order valence-corrected chi connectivity index (χ3v) is 2.78. The summed E-state index contributed by atoms with van der Waals surface area (Å²) in [5.41, 5.74) is 1.19. The summed E-state index contributed by atoms with van der Waals surface area (Å²) in [6.45, 7) is 0.723. The summed E-state index contributed by atoms with van der Waals surface area (Å²) in [5.74, 6) is 0.660. The van der Waals surface area contributed by atoms with Gasteiger partial charge in [0.25, 0.3) is 0 Å². The van der Waals surface area contributed by atoms with Crippen LogP contribution in [0.3, 0.4) is 0 Å². The van der Waals surface area contributed by atoms with Crippen molar-refractivity contribution in [1.29, 1.82) is 0 Å². The van der Waals surface area contributed by atoms with Gasteiger partial charge in [0.1, 0.15) is 5.02 Å². The Balaban J connectivity index is 2.20. The van der Waals surface area contributed by atoms with Gasteiger partial charge in [0, 0.05) is 13.6 Å². The molecule has 0 amide bonds. The third kappa shape index (κ3) is 2.90. The highest BCUT2D eigenvalue weighted by Crippen LogP contribution is 2.24. The van der Waals surface area contributed by atoms with Crippen LogP contribution < -0.4 is 9.64 Å². The molecule has 0 aliphatic carbocycles. The van der Waals surface area contributed by atoms with Gasteiger partial charge in [-0.3, -0.25) is 0 Å². The first kappa shape index (κ1) is 12.6. The molecule has 0 fully saturated rings. The molecule has 2 aromatic rings. The normalized spacial score (nSPS) is 10.2. The lowest BCUT2D eigenvalue weighted by molar-refractivity contribution is 0.380. The molecule has 0 aliphatic rings. The molecule has 0 bridgehead atoms. The number of halogens is 1. The van der Waals surface area contributed by atoms with Gasteiger partial charge in [0.05, 0.1) is 13.3 Å². The molecule has 1 aromatic carbocycles. The van der Waals surface area contributed by atoms with E-state index in [1.54, 1.807) is 6.20 Å². The summed E-state index contributed by atoms with van der Waals surface area (Å²) in [6, 6.07) is 10.4. The summed E-state index contributed by atoms with van der Waals surface area (Å²) >= 11 is 6.09. The Morgan fingerprint density at radius 2 is 2.00 bits per heavy atom. The zero-order valence-corrected chi connectivity index (χ0v) is 11.1. The van der Waals surface area contributed by atoms with Gasteiger partial charge in [-0.15, -0.1) is 0 Å². The minimum Gasteiger partial charge on any atom is -0.467 e. The van der Waals surface area contributed by atoms with E-state index in [-0.39, 0.29) is 0 Å². The second-order valence-corrected chi connectivity index (χ2v) is 4.28. The summed E-state index contributed by atoms with van der Waals surface area (Å²) in [7, 11) is 3.46. The predicted molar refractivity (Wildman–Crippen MR) is 72.1 cm³/mol. The second kappa shape index (κ2) is 5.69. The molecule has 94 valence electrons. The number of hydrogen-bond donors (Lipinski definition) is 0. The van der Waals surface area contributed by atoms with Crippen LogP contribution in [0.4, 0.5) is 5.82 Å². The van der Waals surface area contributed by atoms with E-state index >= 15 is 0 Å². The van der Waals surface area contributed by atoms with Crippen molar-refractivity contribution in [3.8, 4) is 6.01 Å². The zero-order valence-electron chi connectivity index (χ0n) is 10.3. The molecular formula is C13H14ClN3O. The first-order valence-corrected chi connectivity index (χ1v) is 5.90. The van der Waals surface area contributed by atoms with Crippen molar-refractivity contribution in [2.24, 2.45) is 0 Å². The largest absolute Gasteiger partial charge is 0.467 e. The molecule has 1 aromatic heterocycles. The minimum atomic E-state index is 0.314.